The monoisotopic (exact) mass is 345 g/mol. The second-order valence-electron chi connectivity index (χ2n) is 5.02. The van der Waals surface area contributed by atoms with Crippen LogP contribution in [-0.2, 0) is 20.5 Å². The highest BCUT2D eigenvalue weighted by Crippen LogP contribution is 2.31. The summed E-state index contributed by atoms with van der Waals surface area (Å²) in [5.41, 5.74) is -1.70. The van der Waals surface area contributed by atoms with Crippen LogP contribution in [-0.4, -0.2) is 30.8 Å². The molecule has 1 aromatic rings. The molecule has 1 atom stereocenters. The molecule has 0 aliphatic carbocycles. The summed E-state index contributed by atoms with van der Waals surface area (Å²) in [5, 5.41) is 2.21. The number of alkyl halides is 3. The van der Waals surface area contributed by atoms with Crippen LogP contribution in [0, 0.1) is 0 Å². The topological polar surface area (TPSA) is 72.5 Å². The second kappa shape index (κ2) is 8.47. The summed E-state index contributed by atoms with van der Waals surface area (Å²) < 4.78 is 43.4. The van der Waals surface area contributed by atoms with Crippen LogP contribution in [0.5, 0.6) is 0 Å². The second-order valence-corrected chi connectivity index (χ2v) is 5.02. The first-order valence-electron chi connectivity index (χ1n) is 7.27. The molecule has 8 heteroatoms. The third kappa shape index (κ3) is 5.36. The Balaban J connectivity index is 2.97. The molecule has 0 heterocycles. The molecular formula is C16H18F3NO4. The van der Waals surface area contributed by atoms with E-state index >= 15 is 0 Å². The fraction of sp³-hybridized carbons (Fsp3) is 0.438. The van der Waals surface area contributed by atoms with Crippen molar-refractivity contribution in [1.29, 1.82) is 0 Å². The number of Topliss-reactive ketones (excluding diaryl/α,β-unsaturated/α-hetero) is 1. The maximum atomic E-state index is 13.0. The van der Waals surface area contributed by atoms with Gasteiger partial charge in [-0.05, 0) is 18.6 Å². The number of carbonyl (C=O) groups is 3. The quantitative estimate of drug-likeness (QED) is 0.771. The van der Waals surface area contributed by atoms with Gasteiger partial charge in [0.15, 0.2) is 0 Å². The van der Waals surface area contributed by atoms with Crippen molar-refractivity contribution in [3.05, 3.63) is 35.4 Å². The predicted molar refractivity (Wildman–Crippen MR) is 79.2 cm³/mol. The van der Waals surface area contributed by atoms with Crippen LogP contribution in [0.2, 0.25) is 0 Å². The minimum atomic E-state index is -4.70. The van der Waals surface area contributed by atoms with Crippen LogP contribution in [0.25, 0.3) is 0 Å². The van der Waals surface area contributed by atoms with Gasteiger partial charge < -0.3 is 10.1 Å². The first-order chi connectivity index (χ1) is 11.2. The molecule has 0 unspecified atom stereocenters. The van der Waals surface area contributed by atoms with E-state index in [4.69, 9.17) is 0 Å². The summed E-state index contributed by atoms with van der Waals surface area (Å²) >= 11 is 0. The van der Waals surface area contributed by atoms with E-state index in [2.05, 4.69) is 10.1 Å². The Morgan fingerprint density at radius 3 is 2.38 bits per heavy atom. The number of amides is 1. The Labute approximate surface area is 137 Å². The molecule has 0 aliphatic rings. The highest BCUT2D eigenvalue weighted by molar-refractivity contribution is 5.98. The summed E-state index contributed by atoms with van der Waals surface area (Å²) in [6.07, 6.45) is -4.47. The molecule has 0 aliphatic heterocycles. The van der Waals surface area contributed by atoms with E-state index in [1.807, 2.05) is 0 Å². The lowest BCUT2D eigenvalue weighted by Crippen LogP contribution is -2.42. The maximum absolute atomic E-state index is 13.0. The summed E-state index contributed by atoms with van der Waals surface area (Å²) in [7, 11) is 1.09. The molecule has 5 nitrogen and oxygen atoms in total. The van der Waals surface area contributed by atoms with E-state index in [0.29, 0.717) is 0 Å². The van der Waals surface area contributed by atoms with Crippen molar-refractivity contribution in [2.24, 2.45) is 0 Å². The van der Waals surface area contributed by atoms with Crippen LogP contribution in [0.3, 0.4) is 0 Å². The zero-order valence-electron chi connectivity index (χ0n) is 13.3. The summed E-state index contributed by atoms with van der Waals surface area (Å²) in [6.45, 7) is 1.65. The van der Waals surface area contributed by atoms with Crippen LogP contribution >= 0.6 is 0 Å². The van der Waals surface area contributed by atoms with Gasteiger partial charge in [-0.15, -0.1) is 0 Å². The lowest BCUT2D eigenvalue weighted by Gasteiger charge is -2.18. The van der Waals surface area contributed by atoms with Gasteiger partial charge >= 0.3 is 12.1 Å². The molecule has 24 heavy (non-hydrogen) atoms. The fourth-order valence-corrected chi connectivity index (χ4v) is 2.04. The minimum absolute atomic E-state index is 0.0114. The van der Waals surface area contributed by atoms with Gasteiger partial charge in [-0.25, -0.2) is 4.79 Å². The molecule has 0 saturated carbocycles. The Bertz CT molecular complexity index is 614. The molecule has 132 valence electrons. The van der Waals surface area contributed by atoms with Crippen molar-refractivity contribution >= 4 is 17.7 Å². The van der Waals surface area contributed by atoms with Crippen LogP contribution in [0.15, 0.2) is 24.3 Å². The molecule has 1 rings (SSSR count). The number of benzene rings is 1. The molecule has 1 aromatic carbocycles. The Morgan fingerprint density at radius 2 is 1.83 bits per heavy atom. The van der Waals surface area contributed by atoms with Crippen molar-refractivity contribution in [3.63, 3.8) is 0 Å². The van der Waals surface area contributed by atoms with Gasteiger partial charge in [0, 0.05) is 12.8 Å². The van der Waals surface area contributed by atoms with E-state index in [0.717, 1.165) is 25.3 Å². The van der Waals surface area contributed by atoms with Gasteiger partial charge in [0.05, 0.1) is 18.2 Å². The lowest BCUT2D eigenvalue weighted by atomic mass is 10.0. The normalized spacial score (nSPS) is 12.4. The number of halogens is 3. The lowest BCUT2D eigenvalue weighted by molar-refractivity contribution is -0.143. The number of nitrogens with one attached hydrogen (secondary N) is 1. The molecule has 0 saturated heterocycles. The third-order valence-corrected chi connectivity index (χ3v) is 3.37. The van der Waals surface area contributed by atoms with Gasteiger partial charge in [-0.1, -0.05) is 19.1 Å². The third-order valence-electron chi connectivity index (χ3n) is 3.37. The SMILES string of the molecule is CCC(=O)CC[C@@H](NC(=O)c1ccccc1C(F)(F)F)C(=O)OC. The molecule has 0 bridgehead atoms. The Hall–Kier alpha value is -2.38. The molecule has 0 spiro atoms. The average Bonchev–Trinajstić information content (AvgIpc) is 2.56. The molecule has 0 aromatic heterocycles. The first kappa shape index (κ1) is 19.7. The van der Waals surface area contributed by atoms with Crippen LogP contribution in [0.1, 0.15) is 42.1 Å². The van der Waals surface area contributed by atoms with Gasteiger partial charge in [-0.3, -0.25) is 9.59 Å². The largest absolute Gasteiger partial charge is 0.467 e. The van der Waals surface area contributed by atoms with Crippen molar-refractivity contribution in [3.8, 4) is 0 Å². The number of hydrogen-bond donors (Lipinski definition) is 1. The Kier molecular flexibility index (Phi) is 6.94. The van der Waals surface area contributed by atoms with Crippen molar-refractivity contribution in [2.45, 2.75) is 38.4 Å². The van der Waals surface area contributed by atoms with E-state index in [1.165, 1.54) is 6.07 Å². The fourth-order valence-electron chi connectivity index (χ4n) is 2.04. The molecule has 1 amide bonds. The maximum Gasteiger partial charge on any atom is 0.417 e. The van der Waals surface area contributed by atoms with Crippen molar-refractivity contribution < 1.29 is 32.3 Å². The van der Waals surface area contributed by atoms with Gasteiger partial charge in [0.25, 0.3) is 5.91 Å². The number of esters is 1. The zero-order chi connectivity index (χ0) is 18.3. The Morgan fingerprint density at radius 1 is 1.21 bits per heavy atom. The number of ketones is 1. The van der Waals surface area contributed by atoms with Crippen molar-refractivity contribution in [1.82, 2.24) is 5.32 Å². The van der Waals surface area contributed by atoms with E-state index in [9.17, 15) is 27.6 Å². The van der Waals surface area contributed by atoms with Gasteiger partial charge in [-0.2, -0.15) is 13.2 Å². The van der Waals surface area contributed by atoms with Gasteiger partial charge in [0.1, 0.15) is 11.8 Å². The van der Waals surface area contributed by atoms with Crippen molar-refractivity contribution in [2.75, 3.05) is 7.11 Å². The summed E-state index contributed by atoms with van der Waals surface area (Å²) in [5.74, 6) is -2.01. The first-order valence-corrected chi connectivity index (χ1v) is 7.27. The number of rotatable bonds is 7. The number of methoxy groups -OCH3 is 1. The predicted octanol–water partition coefficient (Wildman–Crippen LogP) is 2.74. The molecule has 0 fully saturated rings. The van der Waals surface area contributed by atoms with E-state index in [-0.39, 0.29) is 25.0 Å². The number of hydrogen-bond acceptors (Lipinski definition) is 4. The smallest absolute Gasteiger partial charge is 0.417 e. The highest BCUT2D eigenvalue weighted by atomic mass is 19.4. The minimum Gasteiger partial charge on any atom is -0.467 e. The number of carbonyl (C=O) groups excluding carboxylic acids is 3. The van der Waals surface area contributed by atoms with Gasteiger partial charge in [0.2, 0.25) is 0 Å². The zero-order valence-corrected chi connectivity index (χ0v) is 13.3. The number of ether oxygens (including phenoxy) is 1. The van der Waals surface area contributed by atoms with Crippen LogP contribution in [0.4, 0.5) is 13.2 Å². The average molecular weight is 345 g/mol. The standard InChI is InChI=1S/C16H18F3NO4/c1-3-10(21)8-9-13(15(23)24-2)20-14(22)11-6-4-5-7-12(11)16(17,18)19/h4-7,13H,3,8-9H2,1-2H3,(H,20,22)/t13-/m1/s1. The molecule has 0 radical (unpaired) electrons. The summed E-state index contributed by atoms with van der Waals surface area (Å²) in [6, 6.07) is 3.06. The van der Waals surface area contributed by atoms with Crippen LogP contribution < -0.4 is 5.32 Å². The van der Waals surface area contributed by atoms with E-state index < -0.39 is 35.2 Å². The molecule has 1 N–H and O–H groups in total. The molecular weight excluding hydrogens is 327 g/mol. The highest BCUT2D eigenvalue weighted by Gasteiger charge is 2.35. The summed E-state index contributed by atoms with van der Waals surface area (Å²) in [4.78, 5) is 35.2. The van der Waals surface area contributed by atoms with E-state index in [1.54, 1.807) is 6.92 Å².